The van der Waals surface area contributed by atoms with E-state index in [2.05, 4.69) is 57.8 Å². The van der Waals surface area contributed by atoms with Crippen molar-refractivity contribution < 1.29 is 58.2 Å². The number of nitrogens with zero attached hydrogens (tertiary/aromatic N) is 1. The number of nitrogens with two attached hydrogens (primary N) is 4. The number of carbonyl (C=O) groups excluding carboxylic acids is 10. The summed E-state index contributed by atoms with van der Waals surface area (Å²) in [5.41, 5.74) is 25.4. The summed E-state index contributed by atoms with van der Waals surface area (Å²) in [6, 6.07) is 10.6. The second kappa shape index (κ2) is 32.2. The highest BCUT2D eigenvalue weighted by Crippen LogP contribution is 2.20. The highest BCUT2D eigenvalue weighted by Gasteiger charge is 2.33. The summed E-state index contributed by atoms with van der Waals surface area (Å²) in [5, 5.41) is 43.0. The maximum absolute atomic E-state index is 13.9. The number of fused-ring (bicyclic) bond motifs is 1. The van der Waals surface area contributed by atoms with Gasteiger partial charge in [0.15, 0.2) is 5.96 Å². The Morgan fingerprint density at radius 2 is 1.07 bits per heavy atom. The van der Waals surface area contributed by atoms with E-state index in [1.165, 1.54) is 32.9 Å². The number of primary amides is 1. The Hall–Kier alpha value is -9.11. The van der Waals surface area contributed by atoms with Crippen molar-refractivity contribution in [1.29, 1.82) is 0 Å². The Labute approximate surface area is 474 Å². The van der Waals surface area contributed by atoms with E-state index in [1.807, 2.05) is 18.2 Å². The number of nitrogens with one attached hydrogen (secondary N) is 10. The first-order valence-corrected chi connectivity index (χ1v) is 26.6. The van der Waals surface area contributed by atoms with Crippen LogP contribution in [-0.4, -0.2) is 154 Å². The van der Waals surface area contributed by atoms with Crippen LogP contribution in [0.3, 0.4) is 0 Å². The molecule has 0 saturated heterocycles. The SMILES string of the molecule is CC(C)CC(NC(=O)CNC(=O)C(C)NC(=O)C(CO)NC(=O)C(C)NC(=O)C(Cc1c[nH]c2ccccc12)NC(=O)C(C)NC(=O)C(N)Cc1ccc(O)cc1)C(=O)NC(CCCN=C(N)N)C(=O)NC(Cc1ccccc1)C(N)=O. The fraction of sp³-hybridized carbons (Fsp3) is 0.436. The summed E-state index contributed by atoms with van der Waals surface area (Å²) in [6.45, 7) is 6.02. The molecule has 3 aromatic carbocycles. The number of H-pyrrole nitrogens is 1. The molecule has 9 unspecified atom stereocenters. The summed E-state index contributed by atoms with van der Waals surface area (Å²) < 4.78 is 0. The first-order valence-electron chi connectivity index (χ1n) is 26.6. The van der Waals surface area contributed by atoms with E-state index < -0.39 is 127 Å². The Balaban J connectivity index is 1.33. The topological polar surface area (TPSA) is 452 Å². The monoisotopic (exact) mass is 1140 g/mol. The lowest BCUT2D eigenvalue weighted by Gasteiger charge is -2.26. The minimum atomic E-state index is -1.64. The number of aromatic amines is 1. The molecule has 0 radical (unpaired) electrons. The summed E-state index contributed by atoms with van der Waals surface area (Å²) in [4.78, 5) is 140. The number of guanidine groups is 1. The summed E-state index contributed by atoms with van der Waals surface area (Å²) >= 11 is 0. The van der Waals surface area contributed by atoms with Crippen molar-refractivity contribution >= 4 is 75.9 Å². The molecule has 82 heavy (non-hydrogen) atoms. The average molecular weight is 1140 g/mol. The van der Waals surface area contributed by atoms with Crippen molar-refractivity contribution in [2.24, 2.45) is 33.8 Å². The fourth-order valence-corrected chi connectivity index (χ4v) is 8.30. The lowest BCUT2D eigenvalue weighted by atomic mass is 10.0. The second-order valence-corrected chi connectivity index (χ2v) is 20.2. The van der Waals surface area contributed by atoms with Gasteiger partial charge < -0.3 is 86.0 Å². The van der Waals surface area contributed by atoms with Crippen LogP contribution in [0.2, 0.25) is 0 Å². The van der Waals surface area contributed by atoms with Gasteiger partial charge in [-0.05, 0) is 87.3 Å². The first-order chi connectivity index (χ1) is 38.8. The van der Waals surface area contributed by atoms with Crippen LogP contribution in [0.5, 0.6) is 5.75 Å². The minimum absolute atomic E-state index is 0.0187. The van der Waals surface area contributed by atoms with Gasteiger partial charge in [-0.1, -0.05) is 74.5 Å². The molecule has 0 bridgehead atoms. The number of rotatable bonds is 32. The van der Waals surface area contributed by atoms with E-state index in [9.17, 15) is 58.2 Å². The number of phenolic OH excluding ortho intramolecular Hbond substituents is 1. The van der Waals surface area contributed by atoms with Crippen molar-refractivity contribution in [2.75, 3.05) is 19.7 Å². The van der Waals surface area contributed by atoms with Crippen molar-refractivity contribution in [3.63, 3.8) is 0 Å². The number of hydrogen-bond donors (Lipinski definition) is 16. The molecule has 0 aliphatic carbocycles. The summed E-state index contributed by atoms with van der Waals surface area (Å²) in [7, 11) is 0. The molecule has 10 amide bonds. The van der Waals surface area contributed by atoms with Crippen LogP contribution in [0.15, 0.2) is 90.1 Å². The number of aliphatic imine (C=N–C) groups is 1. The zero-order valence-electron chi connectivity index (χ0n) is 46.5. The molecule has 444 valence electrons. The van der Waals surface area contributed by atoms with E-state index in [4.69, 9.17) is 22.9 Å². The quantitative estimate of drug-likeness (QED) is 0.0131. The van der Waals surface area contributed by atoms with E-state index in [0.717, 1.165) is 16.5 Å². The number of amides is 10. The van der Waals surface area contributed by atoms with E-state index in [0.29, 0.717) is 11.1 Å². The molecular formula is C55H77N15O12. The lowest BCUT2D eigenvalue weighted by Crippen LogP contribution is -2.59. The lowest BCUT2D eigenvalue weighted by molar-refractivity contribution is -0.135. The third kappa shape index (κ3) is 21.5. The molecule has 0 fully saturated rings. The van der Waals surface area contributed by atoms with Crippen molar-refractivity contribution in [3.8, 4) is 5.75 Å². The highest BCUT2D eigenvalue weighted by atomic mass is 16.3. The Morgan fingerprint density at radius 3 is 1.68 bits per heavy atom. The van der Waals surface area contributed by atoms with Gasteiger partial charge in [-0.3, -0.25) is 52.9 Å². The van der Waals surface area contributed by atoms with Gasteiger partial charge in [-0.25, -0.2) is 0 Å². The van der Waals surface area contributed by atoms with Gasteiger partial charge in [-0.2, -0.15) is 0 Å². The van der Waals surface area contributed by atoms with Gasteiger partial charge >= 0.3 is 0 Å². The molecule has 27 heteroatoms. The van der Waals surface area contributed by atoms with E-state index in [1.54, 1.807) is 68.6 Å². The largest absolute Gasteiger partial charge is 0.508 e. The maximum Gasteiger partial charge on any atom is 0.245 e. The van der Waals surface area contributed by atoms with Gasteiger partial charge in [-0.15, -0.1) is 0 Å². The zero-order valence-corrected chi connectivity index (χ0v) is 46.5. The molecule has 4 rings (SSSR count). The van der Waals surface area contributed by atoms with Crippen molar-refractivity contribution in [2.45, 2.75) is 128 Å². The number of aromatic hydroxyl groups is 1. The van der Waals surface area contributed by atoms with Crippen LogP contribution in [0.25, 0.3) is 10.9 Å². The predicted octanol–water partition coefficient (Wildman–Crippen LogP) is -3.14. The van der Waals surface area contributed by atoms with Crippen molar-refractivity contribution in [3.05, 3.63) is 102 Å². The van der Waals surface area contributed by atoms with Crippen LogP contribution in [0.1, 0.15) is 70.6 Å². The minimum Gasteiger partial charge on any atom is -0.508 e. The number of aliphatic hydroxyl groups excluding tert-OH is 1. The summed E-state index contributed by atoms with van der Waals surface area (Å²) in [6.07, 6.45) is 2.10. The Kier molecular flexibility index (Phi) is 25.7. The van der Waals surface area contributed by atoms with Gasteiger partial charge in [0.1, 0.15) is 54.1 Å². The molecule has 1 aromatic heterocycles. The molecule has 9 atom stereocenters. The molecule has 27 nitrogen and oxygen atoms in total. The molecule has 0 saturated carbocycles. The van der Waals surface area contributed by atoms with Crippen LogP contribution >= 0.6 is 0 Å². The molecule has 20 N–H and O–H groups in total. The van der Waals surface area contributed by atoms with Crippen LogP contribution in [0, 0.1) is 5.92 Å². The molecule has 4 aromatic rings. The third-order valence-corrected chi connectivity index (χ3v) is 12.8. The standard InChI is InChI=1S/C55H77N15O12/c1-29(2)22-42(53(81)67-40(16-11-21-60-55(58)59)51(79)68-41(46(57)74)24-33-12-7-6-8-13-33)66-45(73)27-62-47(75)30(3)64-54(82)44(28-71)70-49(77)32(5)65-52(80)43(25-35-26-61-39-15-10-9-14-37(35)39)69-48(76)31(4)63-50(78)38(56)23-34-17-19-36(72)20-18-34/h6-10,12-15,17-20,26,29-32,38,40-44,61,71-72H,11,16,21-25,27-28,56H2,1-5H3,(H2,57,74)(H,62,75)(H,63,78)(H,64,82)(H,65,80)(H,66,73)(H,67,81)(H,68,79)(H,69,76)(H,70,77)(H4,58,59,60). The van der Waals surface area contributed by atoms with Gasteiger partial charge in [0.25, 0.3) is 0 Å². The van der Waals surface area contributed by atoms with Gasteiger partial charge in [0.05, 0.1) is 19.2 Å². The van der Waals surface area contributed by atoms with Gasteiger partial charge in [0, 0.05) is 36.5 Å². The first kappa shape index (κ1) is 65.4. The smallest absolute Gasteiger partial charge is 0.245 e. The van der Waals surface area contributed by atoms with E-state index in [-0.39, 0.29) is 62.7 Å². The molecule has 1 heterocycles. The molecular weight excluding hydrogens is 1060 g/mol. The van der Waals surface area contributed by atoms with Gasteiger partial charge in [0.2, 0.25) is 59.1 Å². The maximum atomic E-state index is 13.9. The zero-order chi connectivity index (χ0) is 60.6. The highest BCUT2D eigenvalue weighted by molar-refractivity contribution is 5.98. The normalized spacial score (nSPS) is 14.3. The molecule has 0 spiro atoms. The summed E-state index contributed by atoms with van der Waals surface area (Å²) in [5.74, 6) is -8.48. The number of benzene rings is 3. The predicted molar refractivity (Wildman–Crippen MR) is 303 cm³/mol. The fourth-order valence-electron chi connectivity index (χ4n) is 8.30. The van der Waals surface area contributed by atoms with Crippen LogP contribution in [0.4, 0.5) is 0 Å². The average Bonchev–Trinajstić information content (AvgIpc) is 3.96. The van der Waals surface area contributed by atoms with Crippen molar-refractivity contribution in [1.82, 2.24) is 52.8 Å². The number of carbonyl (C=O) groups is 10. The molecule has 0 aliphatic rings. The number of hydrogen-bond acceptors (Lipinski definition) is 14. The number of aromatic nitrogens is 1. The van der Waals surface area contributed by atoms with E-state index >= 15 is 0 Å². The van der Waals surface area contributed by atoms with Crippen LogP contribution < -0.4 is 70.8 Å². The number of para-hydroxylation sites is 1. The Morgan fingerprint density at radius 1 is 0.549 bits per heavy atom. The van der Waals surface area contributed by atoms with Crippen LogP contribution in [-0.2, 0) is 67.2 Å². The molecule has 0 aliphatic heterocycles. The second-order valence-electron chi connectivity index (χ2n) is 20.2. The Bertz CT molecular complexity index is 2880. The number of aliphatic hydroxyl groups is 1. The third-order valence-electron chi connectivity index (χ3n) is 12.8. The number of phenols is 1.